The van der Waals surface area contributed by atoms with Crippen LogP contribution in [-0.2, 0) is 6.54 Å². The lowest BCUT2D eigenvalue weighted by Gasteiger charge is -2.14. The first-order chi connectivity index (χ1) is 15.6. The number of benzene rings is 2. The zero-order chi connectivity index (χ0) is 22.1. The fourth-order valence-electron chi connectivity index (χ4n) is 3.66. The van der Waals surface area contributed by atoms with Gasteiger partial charge in [0.05, 0.1) is 23.7 Å². The maximum Gasteiger partial charge on any atom is 0.265 e. The van der Waals surface area contributed by atoms with Gasteiger partial charge in [0.1, 0.15) is 12.3 Å². The number of nitrogens with zero attached hydrogens (tertiary/aromatic N) is 4. The van der Waals surface area contributed by atoms with Crippen LogP contribution in [0.2, 0.25) is 0 Å². The monoisotopic (exact) mass is 424 g/mol. The van der Waals surface area contributed by atoms with Crippen LogP contribution < -0.4 is 5.56 Å². The summed E-state index contributed by atoms with van der Waals surface area (Å²) in [7, 11) is 0. The van der Waals surface area contributed by atoms with Crippen molar-refractivity contribution in [2.45, 2.75) is 13.5 Å². The number of aromatic nitrogens is 3. The zero-order valence-corrected chi connectivity index (χ0v) is 17.3. The summed E-state index contributed by atoms with van der Waals surface area (Å²) in [4.78, 5) is 17.8. The Balaban J connectivity index is 1.64. The molecule has 0 amide bonds. The number of aromatic hydroxyl groups is 1. The third-order valence-corrected chi connectivity index (χ3v) is 5.30. The third-order valence-electron chi connectivity index (χ3n) is 5.30. The molecule has 7 heteroatoms. The average Bonchev–Trinajstić information content (AvgIpc) is 3.48. The summed E-state index contributed by atoms with van der Waals surface area (Å²) in [5.74, 6) is 1.18. The molecule has 3 aromatic heterocycles. The van der Waals surface area contributed by atoms with E-state index in [1.54, 1.807) is 47.6 Å². The third kappa shape index (κ3) is 3.50. The summed E-state index contributed by atoms with van der Waals surface area (Å²) < 4.78 is 8.40. The lowest BCUT2D eigenvalue weighted by atomic mass is 10.1. The molecule has 0 fully saturated rings. The van der Waals surface area contributed by atoms with Crippen LogP contribution in [0.25, 0.3) is 16.5 Å². The fourth-order valence-corrected chi connectivity index (χ4v) is 3.66. The molecular formula is C25H20N4O3. The summed E-state index contributed by atoms with van der Waals surface area (Å²) in [6, 6.07) is 20.1. The van der Waals surface area contributed by atoms with Gasteiger partial charge in [0.2, 0.25) is 5.88 Å². The van der Waals surface area contributed by atoms with Gasteiger partial charge >= 0.3 is 0 Å². The minimum Gasteiger partial charge on any atom is -0.494 e. The van der Waals surface area contributed by atoms with Crippen LogP contribution in [0, 0.1) is 6.92 Å². The van der Waals surface area contributed by atoms with Gasteiger partial charge < -0.3 is 9.52 Å². The normalized spacial score (nSPS) is 11.5. The summed E-state index contributed by atoms with van der Waals surface area (Å²) in [5.41, 5.74) is 1.81. The molecule has 0 aliphatic heterocycles. The van der Waals surface area contributed by atoms with Crippen molar-refractivity contribution in [3.05, 3.63) is 106 Å². The number of hydrogen-bond donors (Lipinski definition) is 1. The van der Waals surface area contributed by atoms with Crippen LogP contribution in [0.1, 0.15) is 16.9 Å². The summed E-state index contributed by atoms with van der Waals surface area (Å²) in [6.45, 7) is 2.40. The number of rotatable bonds is 5. The predicted octanol–water partition coefficient (Wildman–Crippen LogP) is 4.59. The van der Waals surface area contributed by atoms with Gasteiger partial charge in [-0.15, -0.1) is 0 Å². The Morgan fingerprint density at radius 1 is 1.03 bits per heavy atom. The highest BCUT2D eigenvalue weighted by Gasteiger charge is 2.16. The number of hydrogen-bond acceptors (Lipinski definition) is 5. The van der Waals surface area contributed by atoms with E-state index in [1.165, 1.54) is 4.57 Å². The first-order valence-corrected chi connectivity index (χ1v) is 10.1. The van der Waals surface area contributed by atoms with E-state index in [-0.39, 0.29) is 11.4 Å². The lowest BCUT2D eigenvalue weighted by molar-refractivity contribution is 0.436. The highest BCUT2D eigenvalue weighted by Crippen LogP contribution is 2.27. The minimum absolute atomic E-state index is 0.168. The Morgan fingerprint density at radius 2 is 1.81 bits per heavy atom. The van der Waals surface area contributed by atoms with Gasteiger partial charge in [-0.1, -0.05) is 35.9 Å². The molecule has 5 aromatic rings. The highest BCUT2D eigenvalue weighted by molar-refractivity contribution is 6.02. The smallest absolute Gasteiger partial charge is 0.265 e. The van der Waals surface area contributed by atoms with Gasteiger partial charge in [0, 0.05) is 23.1 Å². The van der Waals surface area contributed by atoms with Crippen LogP contribution in [0.15, 0.2) is 93.4 Å². The van der Waals surface area contributed by atoms with Crippen molar-refractivity contribution < 1.29 is 9.52 Å². The van der Waals surface area contributed by atoms with Crippen LogP contribution >= 0.6 is 0 Å². The van der Waals surface area contributed by atoms with E-state index < -0.39 is 0 Å². The van der Waals surface area contributed by atoms with E-state index in [0.29, 0.717) is 34.4 Å². The van der Waals surface area contributed by atoms with E-state index >= 15 is 0 Å². The van der Waals surface area contributed by atoms with Gasteiger partial charge in [-0.25, -0.2) is 14.2 Å². The van der Waals surface area contributed by atoms with E-state index in [2.05, 4.69) is 10.1 Å². The first kappa shape index (κ1) is 19.6. The molecule has 0 saturated heterocycles. The number of furan rings is 1. The van der Waals surface area contributed by atoms with Gasteiger partial charge in [-0.05, 0) is 37.3 Å². The quantitative estimate of drug-likeness (QED) is 0.418. The molecule has 0 aliphatic carbocycles. The SMILES string of the molecule is Cc1ccc(-n2c(O)c(C=Nc3ccnn3Cc3ccco3)c3ccccc3c2=O)cc1. The molecule has 32 heavy (non-hydrogen) atoms. The van der Waals surface area contributed by atoms with Crippen molar-refractivity contribution in [3.63, 3.8) is 0 Å². The largest absolute Gasteiger partial charge is 0.494 e. The van der Waals surface area contributed by atoms with Gasteiger partial charge in [0.25, 0.3) is 5.56 Å². The molecule has 0 radical (unpaired) electrons. The number of aliphatic imine (C=N–C) groups is 1. The maximum absolute atomic E-state index is 13.2. The number of fused-ring (bicyclic) bond motifs is 1. The predicted molar refractivity (Wildman–Crippen MR) is 123 cm³/mol. The molecule has 0 atom stereocenters. The summed E-state index contributed by atoms with van der Waals surface area (Å²) >= 11 is 0. The minimum atomic E-state index is -0.290. The molecule has 0 bridgehead atoms. The van der Waals surface area contributed by atoms with Gasteiger partial charge in [-0.3, -0.25) is 4.79 Å². The molecule has 0 aliphatic rings. The Labute approximate surface area is 183 Å². The van der Waals surface area contributed by atoms with Crippen LogP contribution in [0.5, 0.6) is 5.88 Å². The van der Waals surface area contributed by atoms with Crippen LogP contribution in [0.3, 0.4) is 0 Å². The van der Waals surface area contributed by atoms with Gasteiger partial charge in [-0.2, -0.15) is 5.10 Å². The Morgan fingerprint density at radius 3 is 2.56 bits per heavy atom. The standard InChI is InChI=1S/C25H20N4O3/c1-17-8-10-18(11-9-17)29-24(30)21-7-3-2-6-20(21)22(25(29)31)15-26-23-12-13-27-28(23)16-19-5-4-14-32-19/h2-15,31H,16H2,1H3. The van der Waals surface area contributed by atoms with Crippen molar-refractivity contribution in [2.24, 2.45) is 4.99 Å². The molecular weight excluding hydrogens is 404 g/mol. The van der Waals surface area contributed by atoms with Crippen molar-refractivity contribution >= 4 is 22.8 Å². The zero-order valence-electron chi connectivity index (χ0n) is 17.3. The Kier molecular flexibility index (Phi) is 4.91. The molecule has 158 valence electrons. The second kappa shape index (κ2) is 8.03. The fraction of sp³-hybridized carbons (Fsp3) is 0.0800. The molecule has 0 spiro atoms. The maximum atomic E-state index is 13.2. The molecule has 0 saturated carbocycles. The molecule has 2 aromatic carbocycles. The number of aryl methyl sites for hydroxylation is 1. The highest BCUT2D eigenvalue weighted by atomic mass is 16.3. The molecule has 0 unspecified atom stereocenters. The number of pyridine rings is 1. The van der Waals surface area contributed by atoms with Crippen molar-refractivity contribution in [1.29, 1.82) is 0 Å². The average molecular weight is 424 g/mol. The van der Waals surface area contributed by atoms with Crippen molar-refractivity contribution in [3.8, 4) is 11.6 Å². The van der Waals surface area contributed by atoms with E-state index in [9.17, 15) is 9.90 Å². The topological polar surface area (TPSA) is 85.5 Å². The molecule has 5 rings (SSSR count). The summed E-state index contributed by atoms with van der Waals surface area (Å²) in [5, 5.41) is 16.6. The Hall–Kier alpha value is -4.39. The van der Waals surface area contributed by atoms with Gasteiger partial charge in [0.15, 0.2) is 5.82 Å². The van der Waals surface area contributed by atoms with Crippen LogP contribution in [0.4, 0.5) is 5.82 Å². The molecule has 3 heterocycles. The lowest BCUT2D eigenvalue weighted by Crippen LogP contribution is -2.20. The van der Waals surface area contributed by atoms with Crippen molar-refractivity contribution in [2.75, 3.05) is 0 Å². The van der Waals surface area contributed by atoms with E-state index in [4.69, 9.17) is 4.42 Å². The summed E-state index contributed by atoms with van der Waals surface area (Å²) in [6.07, 6.45) is 4.83. The van der Waals surface area contributed by atoms with Crippen molar-refractivity contribution in [1.82, 2.24) is 14.3 Å². The van der Waals surface area contributed by atoms with Crippen LogP contribution in [-0.4, -0.2) is 25.7 Å². The molecule has 7 nitrogen and oxygen atoms in total. The van der Waals surface area contributed by atoms with E-state index in [0.717, 1.165) is 11.3 Å². The second-order valence-electron chi connectivity index (χ2n) is 7.44. The van der Waals surface area contributed by atoms with E-state index in [1.807, 2.05) is 49.4 Å². The second-order valence-corrected chi connectivity index (χ2v) is 7.44. The molecule has 1 N–H and O–H groups in total. The Bertz CT molecular complexity index is 1480. The first-order valence-electron chi connectivity index (χ1n) is 10.1.